The summed E-state index contributed by atoms with van der Waals surface area (Å²) in [5.41, 5.74) is 3.62. The molecule has 1 N–H and O–H groups in total. The number of nitrogens with one attached hydrogen (secondary N) is 1. The lowest BCUT2D eigenvalue weighted by molar-refractivity contribution is 0.102. The molecule has 0 spiro atoms. The fourth-order valence-corrected chi connectivity index (χ4v) is 4.45. The van der Waals surface area contributed by atoms with Crippen molar-refractivity contribution in [2.75, 3.05) is 17.6 Å². The third kappa shape index (κ3) is 4.88. The lowest BCUT2D eigenvalue weighted by Gasteiger charge is -2.10. The minimum absolute atomic E-state index is 0.0549. The molecular formula is C20H21FN4OS2. The summed E-state index contributed by atoms with van der Waals surface area (Å²) in [4.78, 5) is 12.7. The average Bonchev–Trinajstić information content (AvgIpc) is 3.25. The maximum Gasteiger partial charge on any atom is 0.206 e. The van der Waals surface area contributed by atoms with E-state index in [-0.39, 0.29) is 11.6 Å². The smallest absolute Gasteiger partial charge is 0.206 e. The van der Waals surface area contributed by atoms with Gasteiger partial charge in [0.05, 0.1) is 5.75 Å². The zero-order chi connectivity index (χ0) is 20.1. The Balaban J connectivity index is 1.66. The van der Waals surface area contributed by atoms with Gasteiger partial charge in [0.15, 0.2) is 10.1 Å². The number of hydrogen-bond acceptors (Lipinski definition) is 6. The van der Waals surface area contributed by atoms with E-state index < -0.39 is 0 Å². The van der Waals surface area contributed by atoms with Crippen molar-refractivity contribution in [3.8, 4) is 0 Å². The zero-order valence-electron chi connectivity index (χ0n) is 15.7. The second-order valence-corrected chi connectivity index (χ2v) is 8.45. The van der Waals surface area contributed by atoms with E-state index in [0.29, 0.717) is 29.5 Å². The first kappa shape index (κ1) is 20.3. The monoisotopic (exact) mass is 416 g/mol. The highest BCUT2D eigenvalue weighted by Crippen LogP contribution is 2.27. The maximum absolute atomic E-state index is 13.1. The Morgan fingerprint density at radius 3 is 2.79 bits per heavy atom. The van der Waals surface area contributed by atoms with Gasteiger partial charge in [-0.3, -0.25) is 4.79 Å². The SMILES string of the molecule is C=CCNc1nnc(SCC(=O)c2cc(C)n(Cc3ccc(F)cc3)c2C)s1. The number of halogens is 1. The molecule has 0 amide bonds. The van der Waals surface area contributed by atoms with Crippen LogP contribution in [0.4, 0.5) is 9.52 Å². The second kappa shape index (κ2) is 9.16. The third-order valence-corrected chi connectivity index (χ3v) is 6.27. The standard InChI is InChI=1S/C20H21FN4OS2/c1-4-9-22-19-23-24-20(28-19)27-12-18(26)17-10-13(2)25(14(17)3)11-15-5-7-16(21)8-6-15/h4-8,10H,1,9,11-12H2,2-3H3,(H,22,23). The Bertz CT molecular complexity index is 979. The Hall–Kier alpha value is -2.45. The van der Waals surface area contributed by atoms with Gasteiger partial charge < -0.3 is 9.88 Å². The number of thioether (sulfide) groups is 1. The summed E-state index contributed by atoms with van der Waals surface area (Å²) >= 11 is 2.80. The molecule has 3 aromatic rings. The summed E-state index contributed by atoms with van der Waals surface area (Å²) < 4.78 is 15.9. The van der Waals surface area contributed by atoms with Crippen LogP contribution in [0.15, 0.2) is 47.3 Å². The summed E-state index contributed by atoms with van der Waals surface area (Å²) in [6, 6.07) is 8.34. The van der Waals surface area contributed by atoms with Gasteiger partial charge in [-0.15, -0.1) is 16.8 Å². The lowest BCUT2D eigenvalue weighted by Crippen LogP contribution is -2.07. The van der Waals surface area contributed by atoms with Crippen molar-refractivity contribution in [1.29, 1.82) is 0 Å². The number of carbonyl (C=O) groups excluding carboxylic acids is 1. The second-order valence-electron chi connectivity index (χ2n) is 6.25. The Morgan fingerprint density at radius 2 is 2.07 bits per heavy atom. The Labute approximate surface area is 171 Å². The van der Waals surface area contributed by atoms with Crippen LogP contribution in [-0.4, -0.2) is 32.8 Å². The van der Waals surface area contributed by atoms with Crippen molar-refractivity contribution < 1.29 is 9.18 Å². The summed E-state index contributed by atoms with van der Waals surface area (Å²) in [6.45, 7) is 8.79. The normalized spacial score (nSPS) is 10.8. The van der Waals surface area contributed by atoms with Gasteiger partial charge in [0, 0.05) is 30.0 Å². The summed E-state index contributed by atoms with van der Waals surface area (Å²) in [7, 11) is 0. The lowest BCUT2D eigenvalue weighted by atomic mass is 10.2. The number of aromatic nitrogens is 3. The molecule has 146 valence electrons. The van der Waals surface area contributed by atoms with E-state index in [4.69, 9.17) is 0 Å². The molecule has 28 heavy (non-hydrogen) atoms. The molecule has 0 fully saturated rings. The van der Waals surface area contributed by atoms with Crippen LogP contribution in [0.2, 0.25) is 0 Å². The minimum atomic E-state index is -0.253. The largest absolute Gasteiger partial charge is 0.357 e. The first-order valence-corrected chi connectivity index (χ1v) is 10.5. The van der Waals surface area contributed by atoms with E-state index in [9.17, 15) is 9.18 Å². The molecule has 1 aromatic carbocycles. The number of rotatable bonds is 9. The van der Waals surface area contributed by atoms with Crippen molar-refractivity contribution >= 4 is 34.0 Å². The highest BCUT2D eigenvalue weighted by atomic mass is 32.2. The quantitative estimate of drug-likeness (QED) is 0.311. The Morgan fingerprint density at radius 1 is 1.32 bits per heavy atom. The van der Waals surface area contributed by atoms with Gasteiger partial charge in [-0.25, -0.2) is 4.39 Å². The third-order valence-electron chi connectivity index (χ3n) is 4.26. The van der Waals surface area contributed by atoms with Gasteiger partial charge in [-0.05, 0) is 37.6 Å². The maximum atomic E-state index is 13.1. The zero-order valence-corrected chi connectivity index (χ0v) is 17.4. The van der Waals surface area contributed by atoms with E-state index in [1.807, 2.05) is 19.9 Å². The van der Waals surface area contributed by atoms with E-state index in [0.717, 1.165) is 21.3 Å². The topological polar surface area (TPSA) is 59.8 Å². The highest BCUT2D eigenvalue weighted by molar-refractivity contribution is 8.01. The first-order valence-electron chi connectivity index (χ1n) is 8.73. The number of ketones is 1. The molecule has 0 saturated carbocycles. The predicted octanol–water partition coefficient (Wildman–Crippen LogP) is 4.72. The molecule has 0 aliphatic rings. The molecule has 2 aromatic heterocycles. The van der Waals surface area contributed by atoms with E-state index in [2.05, 4.69) is 26.7 Å². The number of Topliss-reactive ketones (excluding diaryl/α,β-unsaturated/α-hetero) is 1. The molecule has 5 nitrogen and oxygen atoms in total. The van der Waals surface area contributed by atoms with Crippen molar-refractivity contribution in [2.24, 2.45) is 0 Å². The molecule has 8 heteroatoms. The summed E-state index contributed by atoms with van der Waals surface area (Å²) in [6.07, 6.45) is 1.75. The number of anilines is 1. The van der Waals surface area contributed by atoms with Gasteiger partial charge in [0.25, 0.3) is 0 Å². The average molecular weight is 417 g/mol. The molecule has 0 saturated heterocycles. The van der Waals surface area contributed by atoms with Crippen LogP contribution in [0, 0.1) is 19.7 Å². The van der Waals surface area contributed by atoms with E-state index >= 15 is 0 Å². The van der Waals surface area contributed by atoms with Crippen molar-refractivity contribution in [3.05, 3.63) is 71.3 Å². The molecule has 0 aliphatic carbocycles. The van der Waals surface area contributed by atoms with Crippen LogP contribution < -0.4 is 5.32 Å². The summed E-state index contributed by atoms with van der Waals surface area (Å²) in [5.74, 6) is 0.105. The van der Waals surface area contributed by atoms with Crippen molar-refractivity contribution in [1.82, 2.24) is 14.8 Å². The number of nitrogens with zero attached hydrogens (tertiary/aromatic N) is 3. The number of hydrogen-bond donors (Lipinski definition) is 1. The molecule has 0 unspecified atom stereocenters. The number of aryl methyl sites for hydroxylation is 1. The van der Waals surface area contributed by atoms with Crippen LogP contribution in [0.25, 0.3) is 0 Å². The van der Waals surface area contributed by atoms with Crippen LogP contribution in [0.5, 0.6) is 0 Å². The van der Waals surface area contributed by atoms with E-state index in [1.165, 1.54) is 35.2 Å². The van der Waals surface area contributed by atoms with Gasteiger partial charge in [0.1, 0.15) is 5.82 Å². The fraction of sp³-hybridized carbons (Fsp3) is 0.250. The van der Waals surface area contributed by atoms with Crippen LogP contribution in [-0.2, 0) is 6.54 Å². The number of carbonyl (C=O) groups is 1. The van der Waals surface area contributed by atoms with Gasteiger partial charge >= 0.3 is 0 Å². The molecule has 0 atom stereocenters. The number of benzene rings is 1. The summed E-state index contributed by atoms with van der Waals surface area (Å²) in [5, 5.41) is 11.9. The fourth-order valence-electron chi connectivity index (χ4n) is 2.80. The minimum Gasteiger partial charge on any atom is -0.357 e. The highest BCUT2D eigenvalue weighted by Gasteiger charge is 2.17. The Kier molecular flexibility index (Phi) is 6.64. The van der Waals surface area contributed by atoms with Crippen LogP contribution >= 0.6 is 23.1 Å². The molecule has 2 heterocycles. The van der Waals surface area contributed by atoms with Gasteiger partial charge in [-0.2, -0.15) is 0 Å². The predicted molar refractivity (Wildman–Crippen MR) is 113 cm³/mol. The molecule has 0 aliphatic heterocycles. The molecular weight excluding hydrogens is 395 g/mol. The molecule has 0 bridgehead atoms. The first-order chi connectivity index (χ1) is 13.5. The van der Waals surface area contributed by atoms with Gasteiger partial charge in [-0.1, -0.05) is 41.3 Å². The van der Waals surface area contributed by atoms with Crippen molar-refractivity contribution in [3.63, 3.8) is 0 Å². The van der Waals surface area contributed by atoms with Crippen LogP contribution in [0.1, 0.15) is 27.3 Å². The van der Waals surface area contributed by atoms with Gasteiger partial charge in [0.2, 0.25) is 5.13 Å². The van der Waals surface area contributed by atoms with E-state index in [1.54, 1.807) is 18.2 Å². The van der Waals surface area contributed by atoms with Crippen LogP contribution in [0.3, 0.4) is 0 Å². The molecule has 0 radical (unpaired) electrons. The van der Waals surface area contributed by atoms with Crippen molar-refractivity contribution in [2.45, 2.75) is 24.7 Å². The molecule has 3 rings (SSSR count).